The monoisotopic (exact) mass is 496 g/mol. The second-order valence-corrected chi connectivity index (χ2v) is 10.5. The van der Waals surface area contributed by atoms with Crippen LogP contribution in [0.2, 0.25) is 5.02 Å². The van der Waals surface area contributed by atoms with Gasteiger partial charge in [-0.25, -0.2) is 17.8 Å². The molecule has 1 fully saturated rings. The Bertz CT molecular complexity index is 1290. The molecule has 0 bridgehead atoms. The van der Waals surface area contributed by atoms with Crippen LogP contribution in [0.4, 0.5) is 20.9 Å². The zero-order valence-electron chi connectivity index (χ0n) is 16.7. The molecule has 2 aliphatic heterocycles. The third-order valence-electron chi connectivity index (χ3n) is 5.75. The maximum atomic E-state index is 14.3. The largest absolute Gasteiger partial charge is 0.359 e. The van der Waals surface area contributed by atoms with Crippen molar-refractivity contribution in [3.63, 3.8) is 0 Å². The predicted octanol–water partition coefficient (Wildman–Crippen LogP) is 4.40. The summed E-state index contributed by atoms with van der Waals surface area (Å²) in [6, 6.07) is 9.06. The van der Waals surface area contributed by atoms with E-state index < -0.39 is 21.9 Å². The van der Waals surface area contributed by atoms with Crippen LogP contribution in [0.25, 0.3) is 0 Å². The number of benzene rings is 2. The normalized spacial score (nSPS) is 18.3. The Balaban J connectivity index is 0.00000162. The van der Waals surface area contributed by atoms with Crippen LogP contribution in [0.5, 0.6) is 0 Å². The molecule has 3 aromatic rings. The third kappa shape index (κ3) is 3.62. The van der Waals surface area contributed by atoms with Gasteiger partial charge in [-0.15, -0.1) is 11.3 Å². The van der Waals surface area contributed by atoms with Gasteiger partial charge in [-0.1, -0.05) is 11.6 Å². The number of sulfonamides is 1. The minimum Gasteiger partial charge on any atom is -0.359 e. The Kier molecular flexibility index (Phi) is 5.31. The van der Waals surface area contributed by atoms with E-state index in [1.54, 1.807) is 28.5 Å². The lowest BCUT2D eigenvalue weighted by atomic mass is 10.1. The van der Waals surface area contributed by atoms with Gasteiger partial charge in [-0.05, 0) is 49.2 Å². The van der Waals surface area contributed by atoms with Crippen LogP contribution < -0.4 is 14.5 Å². The van der Waals surface area contributed by atoms with Crippen molar-refractivity contribution in [1.82, 2.24) is 4.98 Å². The van der Waals surface area contributed by atoms with E-state index >= 15 is 0 Å². The van der Waals surface area contributed by atoms with Crippen LogP contribution in [-0.4, -0.2) is 38.4 Å². The Morgan fingerprint density at radius 1 is 1.19 bits per heavy atom. The second-order valence-electron chi connectivity index (χ2n) is 7.53. The van der Waals surface area contributed by atoms with Crippen LogP contribution in [0.15, 0.2) is 52.9 Å². The average molecular weight is 497 g/mol. The quantitative estimate of drug-likeness (QED) is 0.566. The van der Waals surface area contributed by atoms with Crippen LogP contribution in [0.1, 0.15) is 14.8 Å². The van der Waals surface area contributed by atoms with Crippen molar-refractivity contribution in [2.75, 3.05) is 27.6 Å². The zero-order chi connectivity index (χ0) is 22.5. The minimum absolute atomic E-state index is 0. The number of thiazole rings is 1. The second kappa shape index (κ2) is 8.02. The summed E-state index contributed by atoms with van der Waals surface area (Å²) >= 11 is 7.08. The molecule has 2 aliphatic rings. The summed E-state index contributed by atoms with van der Waals surface area (Å²) < 4.78 is 41.8. The molecule has 2 aromatic carbocycles. The molecule has 0 spiro atoms. The molecule has 11 heteroatoms. The molecule has 7 nitrogen and oxygen atoms in total. The number of fused-ring (bicyclic) bond motifs is 1. The first kappa shape index (κ1) is 21.2. The number of carbonyl (C=O) groups is 1. The number of anilines is 3. The molecule has 0 saturated carbocycles. The number of nitrogens with one attached hydrogen (secondary N) is 1. The third-order valence-corrected chi connectivity index (χ3v) is 8.21. The fraction of sp³-hybridized carbons (Fsp3) is 0.238. The molecule has 0 aliphatic carbocycles. The number of nitrogens with zero attached hydrogens (tertiary/aromatic N) is 3. The Hall–Kier alpha value is -2.69. The van der Waals surface area contributed by atoms with Gasteiger partial charge in [0, 0.05) is 44.5 Å². The zero-order valence-corrected chi connectivity index (χ0v) is 19.1. The van der Waals surface area contributed by atoms with Crippen molar-refractivity contribution >= 4 is 55.4 Å². The number of rotatable bonds is 5. The predicted molar refractivity (Wildman–Crippen MR) is 127 cm³/mol. The summed E-state index contributed by atoms with van der Waals surface area (Å²) in [7, 11) is -3.76. The van der Waals surface area contributed by atoms with E-state index in [1.165, 1.54) is 35.7 Å². The molecule has 1 saturated heterocycles. The number of hydrogen-bond donors (Lipinski definition) is 1. The smallest absolute Gasteiger partial charge is 0.263 e. The summed E-state index contributed by atoms with van der Waals surface area (Å²) in [6.07, 6.45) is 2.61. The van der Waals surface area contributed by atoms with Crippen molar-refractivity contribution in [2.24, 2.45) is 0 Å². The van der Waals surface area contributed by atoms with Gasteiger partial charge in [-0.2, -0.15) is 0 Å². The van der Waals surface area contributed by atoms with Gasteiger partial charge >= 0.3 is 0 Å². The Morgan fingerprint density at radius 2 is 1.97 bits per heavy atom. The van der Waals surface area contributed by atoms with Crippen molar-refractivity contribution in [3.8, 4) is 0 Å². The highest BCUT2D eigenvalue weighted by Crippen LogP contribution is 2.37. The van der Waals surface area contributed by atoms with Gasteiger partial charge in [0.2, 0.25) is 5.91 Å². The van der Waals surface area contributed by atoms with Crippen LogP contribution >= 0.6 is 22.9 Å². The first-order chi connectivity index (χ1) is 15.3. The summed E-state index contributed by atoms with van der Waals surface area (Å²) in [4.78, 5) is 20.8. The van der Waals surface area contributed by atoms with Gasteiger partial charge < -0.3 is 9.80 Å². The highest BCUT2D eigenvalue weighted by molar-refractivity contribution is 7.93. The molecule has 170 valence electrons. The lowest BCUT2D eigenvalue weighted by Crippen LogP contribution is -2.41. The van der Waals surface area contributed by atoms with E-state index in [0.717, 1.165) is 0 Å². The van der Waals surface area contributed by atoms with Crippen LogP contribution in [0.3, 0.4) is 0 Å². The topological polar surface area (TPSA) is 82.6 Å². The molecule has 1 N–H and O–H groups in total. The molecule has 1 amide bonds. The summed E-state index contributed by atoms with van der Waals surface area (Å²) in [6.45, 7) is 1.05. The number of hydrogen-bond acceptors (Lipinski definition) is 6. The first-order valence-corrected chi connectivity index (χ1v) is 12.7. The SMILES string of the molecule is O=C1[C@@H](N2CCc3c2ccc(Cl)c3F)CCN1c1ccc(S(=O)(=O)Nc2nccs2)cc1.[HH].[HH]. The van der Waals surface area contributed by atoms with Crippen molar-refractivity contribution in [1.29, 1.82) is 0 Å². The van der Waals surface area contributed by atoms with Gasteiger partial charge in [0.15, 0.2) is 5.13 Å². The Morgan fingerprint density at radius 3 is 2.69 bits per heavy atom. The molecule has 0 radical (unpaired) electrons. The number of carbonyl (C=O) groups excluding carboxylic acids is 1. The maximum absolute atomic E-state index is 14.3. The van der Waals surface area contributed by atoms with E-state index in [4.69, 9.17) is 11.6 Å². The highest BCUT2D eigenvalue weighted by Gasteiger charge is 2.40. The maximum Gasteiger partial charge on any atom is 0.263 e. The number of halogens is 2. The minimum atomic E-state index is -3.76. The summed E-state index contributed by atoms with van der Waals surface area (Å²) in [5, 5.41) is 2.05. The molecule has 1 atom stereocenters. The van der Waals surface area contributed by atoms with E-state index in [-0.39, 0.29) is 23.8 Å². The fourth-order valence-electron chi connectivity index (χ4n) is 4.23. The lowest BCUT2D eigenvalue weighted by Gasteiger charge is -2.26. The lowest BCUT2D eigenvalue weighted by molar-refractivity contribution is -0.118. The van der Waals surface area contributed by atoms with E-state index in [0.29, 0.717) is 42.9 Å². The molecule has 1 aromatic heterocycles. The number of aromatic nitrogens is 1. The van der Waals surface area contributed by atoms with Gasteiger partial charge in [0.05, 0.1) is 9.92 Å². The first-order valence-electron chi connectivity index (χ1n) is 9.92. The molecule has 3 heterocycles. The summed E-state index contributed by atoms with van der Waals surface area (Å²) in [5.74, 6) is -0.512. The van der Waals surface area contributed by atoms with Crippen LogP contribution in [0, 0.1) is 5.82 Å². The summed E-state index contributed by atoms with van der Waals surface area (Å²) in [5.41, 5.74) is 1.88. The average Bonchev–Trinajstić information content (AvgIpc) is 3.51. The van der Waals surface area contributed by atoms with Crippen molar-refractivity contribution in [2.45, 2.75) is 23.8 Å². The van der Waals surface area contributed by atoms with E-state index in [2.05, 4.69) is 9.71 Å². The van der Waals surface area contributed by atoms with Gasteiger partial charge in [0.1, 0.15) is 11.9 Å². The highest BCUT2D eigenvalue weighted by atomic mass is 35.5. The molecular weight excluding hydrogens is 475 g/mol. The van der Waals surface area contributed by atoms with Gasteiger partial charge in [-0.3, -0.25) is 9.52 Å². The van der Waals surface area contributed by atoms with Crippen molar-refractivity contribution < 1.29 is 20.5 Å². The molecule has 32 heavy (non-hydrogen) atoms. The Labute approximate surface area is 196 Å². The van der Waals surface area contributed by atoms with Crippen LogP contribution in [-0.2, 0) is 21.2 Å². The molecular formula is C21H22ClFN4O3S2. The molecule has 0 unspecified atom stereocenters. The molecule has 5 rings (SSSR count). The van der Waals surface area contributed by atoms with Gasteiger partial charge in [0.25, 0.3) is 10.0 Å². The standard InChI is InChI=1S/C21H18ClFN4O3S2.2H2/c22-16-5-6-17-15(19(16)23)7-10-27(17)18-8-11-26(20(18)28)13-1-3-14(4-2-13)32(29,30)25-21-24-9-12-31-21;;/h1-6,9,12,18H,7-8,10-11H2,(H,24,25);2*1H/t18-;;/m0../s1. The van der Waals surface area contributed by atoms with E-state index in [1.807, 2.05) is 4.90 Å². The van der Waals surface area contributed by atoms with Crippen molar-refractivity contribution in [3.05, 3.63) is 64.4 Å². The fourth-order valence-corrected chi connectivity index (χ4v) is 6.19. The number of amides is 1. The van der Waals surface area contributed by atoms with E-state index in [9.17, 15) is 17.6 Å².